The fourth-order valence-corrected chi connectivity index (χ4v) is 1.87. The molecule has 1 fully saturated rings. The number of carbonyl (C=O) groups excluding carboxylic acids is 1. The summed E-state index contributed by atoms with van der Waals surface area (Å²) in [4.78, 5) is 24.1. The number of aliphatic carboxylic acids is 1. The summed E-state index contributed by atoms with van der Waals surface area (Å²) in [7, 11) is 0. The second-order valence-electron chi connectivity index (χ2n) is 4.76. The second kappa shape index (κ2) is 5.30. The van der Waals surface area contributed by atoms with Crippen molar-refractivity contribution in [1.29, 1.82) is 0 Å². The quantitative estimate of drug-likeness (QED) is 0.710. The molecule has 5 nitrogen and oxygen atoms in total. The van der Waals surface area contributed by atoms with E-state index >= 15 is 0 Å². The fourth-order valence-electron chi connectivity index (χ4n) is 1.87. The number of nitrogens with one attached hydrogen (secondary N) is 1. The third-order valence-electron chi connectivity index (χ3n) is 2.81. The minimum atomic E-state index is -0.760. The third kappa shape index (κ3) is 3.48. The summed E-state index contributed by atoms with van der Waals surface area (Å²) in [5, 5.41) is 11.5. The molecule has 1 aliphatic heterocycles. The molecule has 0 radical (unpaired) electrons. The van der Waals surface area contributed by atoms with Gasteiger partial charge in [0.15, 0.2) is 0 Å². The number of carboxylic acid groups (broad SMARTS) is 1. The minimum absolute atomic E-state index is 0.0174. The molecule has 0 spiro atoms. The van der Waals surface area contributed by atoms with Gasteiger partial charge in [0.25, 0.3) is 0 Å². The van der Waals surface area contributed by atoms with Crippen LogP contribution in [0.4, 0.5) is 0 Å². The average Bonchev–Trinajstić information content (AvgIpc) is 2.07. The number of nitrogens with zero attached hydrogens (tertiary/aromatic N) is 1. The van der Waals surface area contributed by atoms with Crippen molar-refractivity contribution in [3.05, 3.63) is 0 Å². The van der Waals surface area contributed by atoms with Crippen molar-refractivity contribution in [2.24, 2.45) is 5.92 Å². The van der Waals surface area contributed by atoms with Crippen molar-refractivity contribution >= 4 is 11.9 Å². The number of hydrogen-bond acceptors (Lipinski definition) is 3. The molecule has 2 N–H and O–H groups in total. The summed E-state index contributed by atoms with van der Waals surface area (Å²) in [5.41, 5.74) is 0. The Kier molecular flexibility index (Phi) is 4.29. The van der Waals surface area contributed by atoms with Gasteiger partial charge >= 0.3 is 5.97 Å². The number of carbonyl (C=O) groups is 2. The molecule has 1 aliphatic rings. The topological polar surface area (TPSA) is 69.6 Å². The minimum Gasteiger partial charge on any atom is -0.481 e. The van der Waals surface area contributed by atoms with Crippen LogP contribution >= 0.6 is 0 Å². The highest BCUT2D eigenvalue weighted by Crippen LogP contribution is 2.21. The highest BCUT2D eigenvalue weighted by atomic mass is 16.4. The molecule has 5 heteroatoms. The van der Waals surface area contributed by atoms with Gasteiger partial charge in [-0.05, 0) is 26.7 Å². The maximum Gasteiger partial charge on any atom is 0.303 e. The lowest BCUT2D eigenvalue weighted by molar-refractivity contribution is -0.140. The summed E-state index contributed by atoms with van der Waals surface area (Å²) in [6.45, 7) is 7.12. The lowest BCUT2D eigenvalue weighted by Gasteiger charge is -2.42. The maximum absolute atomic E-state index is 11.6. The average molecular weight is 228 g/mol. The van der Waals surface area contributed by atoms with Crippen LogP contribution in [0.5, 0.6) is 0 Å². The summed E-state index contributed by atoms with van der Waals surface area (Å²) < 4.78 is 0. The van der Waals surface area contributed by atoms with Crippen molar-refractivity contribution in [3.8, 4) is 0 Å². The van der Waals surface area contributed by atoms with Gasteiger partial charge in [0, 0.05) is 19.1 Å². The third-order valence-corrected chi connectivity index (χ3v) is 2.81. The van der Waals surface area contributed by atoms with Gasteiger partial charge in [0.05, 0.1) is 12.5 Å². The van der Waals surface area contributed by atoms with Gasteiger partial charge in [0.2, 0.25) is 5.91 Å². The zero-order valence-electron chi connectivity index (χ0n) is 10.1. The first-order valence-electron chi connectivity index (χ1n) is 5.66. The molecule has 0 aromatic carbocycles. The van der Waals surface area contributed by atoms with E-state index in [9.17, 15) is 9.59 Å². The Morgan fingerprint density at radius 2 is 1.94 bits per heavy atom. The summed E-state index contributed by atoms with van der Waals surface area (Å²) in [6, 6.07) is -0.0153. The number of carboxylic acids is 1. The van der Waals surface area contributed by atoms with E-state index in [1.165, 1.54) is 0 Å². The molecule has 0 bridgehead atoms. The van der Waals surface area contributed by atoms with Gasteiger partial charge in [-0.2, -0.15) is 0 Å². The molecule has 0 saturated carbocycles. The van der Waals surface area contributed by atoms with Crippen molar-refractivity contribution in [2.75, 3.05) is 13.1 Å². The highest BCUT2D eigenvalue weighted by Gasteiger charge is 2.34. The van der Waals surface area contributed by atoms with Crippen molar-refractivity contribution in [2.45, 2.75) is 39.3 Å². The Bertz CT molecular complexity index is 272. The summed E-state index contributed by atoms with van der Waals surface area (Å²) >= 11 is 0. The lowest BCUT2D eigenvalue weighted by Crippen LogP contribution is -2.57. The highest BCUT2D eigenvalue weighted by molar-refractivity contribution is 5.81. The Hall–Kier alpha value is -1.10. The van der Waals surface area contributed by atoms with Crippen LogP contribution in [0, 0.1) is 5.92 Å². The largest absolute Gasteiger partial charge is 0.481 e. The molecule has 1 amide bonds. The van der Waals surface area contributed by atoms with E-state index in [1.54, 1.807) is 0 Å². The van der Waals surface area contributed by atoms with Crippen molar-refractivity contribution < 1.29 is 14.7 Å². The molecule has 1 heterocycles. The van der Waals surface area contributed by atoms with Gasteiger partial charge < -0.3 is 10.4 Å². The molecule has 1 unspecified atom stereocenters. The molecule has 1 atom stereocenters. The monoisotopic (exact) mass is 228 g/mol. The zero-order chi connectivity index (χ0) is 12.3. The predicted molar refractivity (Wildman–Crippen MR) is 60.1 cm³/mol. The lowest BCUT2D eigenvalue weighted by atomic mass is 9.94. The summed E-state index contributed by atoms with van der Waals surface area (Å²) in [5.74, 6) is -0.542. The summed E-state index contributed by atoms with van der Waals surface area (Å²) in [6.07, 6.45) is 0.203. The smallest absolute Gasteiger partial charge is 0.303 e. The number of rotatable bonds is 5. The zero-order valence-corrected chi connectivity index (χ0v) is 10.1. The van der Waals surface area contributed by atoms with E-state index in [2.05, 4.69) is 5.32 Å². The number of likely N-dealkylation sites (tertiary alicyclic amines) is 1. The van der Waals surface area contributed by atoms with Gasteiger partial charge in [-0.15, -0.1) is 0 Å². The van der Waals surface area contributed by atoms with E-state index in [1.807, 2.05) is 25.7 Å². The van der Waals surface area contributed by atoms with Crippen LogP contribution in [0.15, 0.2) is 0 Å². The predicted octanol–water partition coefficient (Wildman–Crippen LogP) is 0.306. The number of hydrogen-bond donors (Lipinski definition) is 2. The van der Waals surface area contributed by atoms with Crippen molar-refractivity contribution in [1.82, 2.24) is 10.2 Å². The Morgan fingerprint density at radius 3 is 2.38 bits per heavy atom. The van der Waals surface area contributed by atoms with E-state index in [0.717, 1.165) is 0 Å². The van der Waals surface area contributed by atoms with Crippen LogP contribution in [-0.2, 0) is 9.59 Å². The number of amides is 1. The van der Waals surface area contributed by atoms with Crippen LogP contribution in [0.2, 0.25) is 0 Å². The first kappa shape index (κ1) is 13.0. The van der Waals surface area contributed by atoms with Crippen molar-refractivity contribution in [3.63, 3.8) is 0 Å². The molecule has 92 valence electrons. The van der Waals surface area contributed by atoms with Crippen LogP contribution < -0.4 is 5.32 Å². The molecule has 16 heavy (non-hydrogen) atoms. The van der Waals surface area contributed by atoms with E-state index in [0.29, 0.717) is 13.1 Å². The van der Waals surface area contributed by atoms with Gasteiger partial charge in [0.1, 0.15) is 0 Å². The maximum atomic E-state index is 11.6. The van der Waals surface area contributed by atoms with Gasteiger partial charge in [-0.25, -0.2) is 0 Å². The molecule has 0 aliphatic carbocycles. The van der Waals surface area contributed by atoms with E-state index in [4.69, 9.17) is 5.11 Å². The van der Waals surface area contributed by atoms with E-state index < -0.39 is 5.97 Å². The fraction of sp³-hybridized carbons (Fsp3) is 0.818. The SMILES string of the molecule is CC(C)NC(=O)C(C)N1CC(CC(=O)O)C1. The first-order chi connectivity index (χ1) is 7.40. The standard InChI is InChI=1S/C11H20N2O3/c1-7(2)12-11(16)8(3)13-5-9(6-13)4-10(14)15/h7-9H,4-6H2,1-3H3,(H,12,16)(H,14,15). The van der Waals surface area contributed by atoms with Gasteiger partial charge in [-0.3, -0.25) is 14.5 Å². The first-order valence-corrected chi connectivity index (χ1v) is 5.66. The molecule has 1 rings (SSSR count). The Labute approximate surface area is 95.8 Å². The second-order valence-corrected chi connectivity index (χ2v) is 4.76. The van der Waals surface area contributed by atoms with Crippen LogP contribution in [0.25, 0.3) is 0 Å². The van der Waals surface area contributed by atoms with E-state index in [-0.39, 0.29) is 30.3 Å². The Balaban J connectivity index is 2.28. The molecule has 0 aromatic heterocycles. The molecular weight excluding hydrogens is 208 g/mol. The molecular formula is C11H20N2O3. The van der Waals surface area contributed by atoms with Crippen LogP contribution in [0.1, 0.15) is 27.2 Å². The van der Waals surface area contributed by atoms with Crippen LogP contribution in [-0.4, -0.2) is 47.1 Å². The van der Waals surface area contributed by atoms with Crippen LogP contribution in [0.3, 0.4) is 0 Å². The van der Waals surface area contributed by atoms with Gasteiger partial charge in [-0.1, -0.05) is 0 Å². The molecule has 0 aromatic rings. The normalized spacial score (nSPS) is 19.2. The Morgan fingerprint density at radius 1 is 1.38 bits per heavy atom. The molecule has 1 saturated heterocycles.